The molecule has 4 aliphatic carbocycles. The molecule has 1 saturated heterocycles. The van der Waals surface area contributed by atoms with Crippen LogP contribution in [-0.2, 0) is 19.1 Å². The SMILES string of the molecule is CC(=O)O[C@]1(C(C)=O)CC[C@@H]2[C@@H]3C[C@@H]4O[C@@]45C[C@H](O)CC[C@]5(C)[C@H]3CC[C@@]21C. The first kappa shape index (κ1) is 19.0. The maximum absolute atomic E-state index is 12.8. The Kier molecular flexibility index (Phi) is 3.81. The van der Waals surface area contributed by atoms with E-state index in [2.05, 4.69) is 13.8 Å². The van der Waals surface area contributed by atoms with E-state index in [0.29, 0.717) is 24.2 Å². The third-order valence-electron chi connectivity index (χ3n) is 10.1. The average molecular weight is 391 g/mol. The molecule has 156 valence electrons. The second kappa shape index (κ2) is 5.60. The van der Waals surface area contributed by atoms with Gasteiger partial charge in [0.05, 0.1) is 12.2 Å². The van der Waals surface area contributed by atoms with Crippen molar-refractivity contribution in [3.63, 3.8) is 0 Å². The highest BCUT2D eigenvalue weighted by Gasteiger charge is 2.77. The number of fused-ring (bicyclic) bond motifs is 4. The van der Waals surface area contributed by atoms with Crippen LogP contribution in [0.3, 0.4) is 0 Å². The fourth-order valence-electron chi connectivity index (χ4n) is 8.72. The number of carbonyl (C=O) groups excluding carboxylic acids is 2. The lowest BCUT2D eigenvalue weighted by Gasteiger charge is -2.60. The van der Waals surface area contributed by atoms with Crippen LogP contribution in [0.5, 0.6) is 0 Å². The van der Waals surface area contributed by atoms with Crippen LogP contribution < -0.4 is 0 Å². The lowest BCUT2D eigenvalue weighted by Crippen LogP contribution is -2.61. The van der Waals surface area contributed by atoms with E-state index in [-0.39, 0.29) is 40.4 Å². The molecule has 0 aromatic rings. The molecular formula is C23H34O5. The van der Waals surface area contributed by atoms with Gasteiger partial charge in [0.25, 0.3) is 0 Å². The summed E-state index contributed by atoms with van der Waals surface area (Å²) in [5.74, 6) is 1.13. The minimum Gasteiger partial charge on any atom is -0.451 e. The highest BCUT2D eigenvalue weighted by Crippen LogP contribution is 2.74. The first-order valence-corrected chi connectivity index (χ1v) is 11.2. The van der Waals surface area contributed by atoms with Crippen LogP contribution in [0.4, 0.5) is 0 Å². The second-order valence-corrected chi connectivity index (χ2v) is 10.9. The molecule has 1 spiro atoms. The molecule has 28 heavy (non-hydrogen) atoms. The molecule has 5 heteroatoms. The molecule has 1 aliphatic heterocycles. The van der Waals surface area contributed by atoms with E-state index < -0.39 is 5.60 Å². The Labute approximate surface area is 167 Å². The number of hydrogen-bond donors (Lipinski definition) is 1. The Hall–Kier alpha value is -0.940. The van der Waals surface area contributed by atoms with Crippen molar-refractivity contribution in [1.82, 2.24) is 0 Å². The monoisotopic (exact) mass is 390 g/mol. The largest absolute Gasteiger partial charge is 0.451 e. The molecule has 9 atom stereocenters. The van der Waals surface area contributed by atoms with Crippen molar-refractivity contribution in [2.75, 3.05) is 0 Å². The number of aliphatic hydroxyl groups is 1. The number of esters is 1. The van der Waals surface area contributed by atoms with Crippen LogP contribution in [0.2, 0.25) is 0 Å². The van der Waals surface area contributed by atoms with Crippen molar-refractivity contribution < 1.29 is 24.2 Å². The number of carbonyl (C=O) groups is 2. The molecule has 5 aliphatic rings. The van der Waals surface area contributed by atoms with Gasteiger partial charge in [0.2, 0.25) is 0 Å². The maximum atomic E-state index is 12.8. The summed E-state index contributed by atoms with van der Waals surface area (Å²) in [6.07, 6.45) is 7.29. The fraction of sp³-hybridized carbons (Fsp3) is 0.913. The predicted octanol–water partition coefficient (Wildman–Crippen LogP) is 3.41. The zero-order valence-electron chi connectivity index (χ0n) is 17.6. The molecule has 1 N–H and O–H groups in total. The Morgan fingerprint density at radius 3 is 2.32 bits per heavy atom. The minimum atomic E-state index is -0.961. The Balaban J connectivity index is 1.51. The summed E-state index contributed by atoms with van der Waals surface area (Å²) in [5, 5.41) is 10.3. The van der Waals surface area contributed by atoms with Crippen LogP contribution in [0.15, 0.2) is 0 Å². The van der Waals surface area contributed by atoms with Gasteiger partial charge < -0.3 is 14.6 Å². The van der Waals surface area contributed by atoms with E-state index in [0.717, 1.165) is 44.9 Å². The number of ketones is 1. The summed E-state index contributed by atoms with van der Waals surface area (Å²) < 4.78 is 12.2. The summed E-state index contributed by atoms with van der Waals surface area (Å²) in [6, 6.07) is 0. The molecular weight excluding hydrogens is 356 g/mol. The number of ether oxygens (including phenoxy) is 2. The van der Waals surface area contributed by atoms with E-state index in [9.17, 15) is 14.7 Å². The van der Waals surface area contributed by atoms with Gasteiger partial charge in [-0.3, -0.25) is 9.59 Å². The number of Topliss-reactive ketones (excluding diaryl/α,β-unsaturated/α-hetero) is 1. The van der Waals surface area contributed by atoms with Crippen LogP contribution >= 0.6 is 0 Å². The summed E-state index contributed by atoms with van der Waals surface area (Å²) in [5.41, 5.74) is -1.25. The minimum absolute atomic E-state index is 0.00554. The Bertz CT molecular complexity index is 735. The standard InChI is InChI=1S/C23H34O5/c1-13(24)22(27-14(2)25)10-7-18-16-11-19-23(28-19)12-15(26)5-8-21(23,4)17(16)6-9-20(18,22)3/h15-19,26H,5-12H2,1-4H3/t15-,16-,17+,18-,19+,20+,21-,22+,23+/m1/s1. The van der Waals surface area contributed by atoms with Gasteiger partial charge in [-0.15, -0.1) is 0 Å². The predicted molar refractivity (Wildman–Crippen MR) is 102 cm³/mol. The van der Waals surface area contributed by atoms with Crippen molar-refractivity contribution in [2.45, 2.75) is 102 Å². The molecule has 4 saturated carbocycles. The van der Waals surface area contributed by atoms with Crippen LogP contribution in [0.25, 0.3) is 0 Å². The lowest BCUT2D eigenvalue weighted by molar-refractivity contribution is -0.190. The highest BCUT2D eigenvalue weighted by molar-refractivity contribution is 5.89. The summed E-state index contributed by atoms with van der Waals surface area (Å²) in [6.45, 7) is 7.63. The molecule has 5 fully saturated rings. The molecule has 0 radical (unpaired) electrons. The molecule has 0 bridgehead atoms. The fourth-order valence-corrected chi connectivity index (χ4v) is 8.72. The average Bonchev–Trinajstić information content (AvgIpc) is 3.21. The van der Waals surface area contributed by atoms with Gasteiger partial charge in [-0.25, -0.2) is 0 Å². The molecule has 0 aromatic carbocycles. The molecule has 5 rings (SSSR count). The summed E-state index contributed by atoms with van der Waals surface area (Å²) >= 11 is 0. The number of hydrogen-bond acceptors (Lipinski definition) is 5. The topological polar surface area (TPSA) is 76.1 Å². The van der Waals surface area contributed by atoms with Gasteiger partial charge in [0.1, 0.15) is 5.60 Å². The van der Waals surface area contributed by atoms with Gasteiger partial charge in [0.15, 0.2) is 11.4 Å². The third kappa shape index (κ3) is 2.05. The van der Waals surface area contributed by atoms with Crippen molar-refractivity contribution >= 4 is 11.8 Å². The molecule has 0 amide bonds. The Morgan fingerprint density at radius 2 is 1.64 bits per heavy atom. The maximum Gasteiger partial charge on any atom is 0.303 e. The first-order chi connectivity index (χ1) is 13.1. The summed E-state index contributed by atoms with van der Waals surface area (Å²) in [7, 11) is 0. The Morgan fingerprint density at radius 1 is 1.00 bits per heavy atom. The molecule has 0 unspecified atom stereocenters. The first-order valence-electron chi connectivity index (χ1n) is 11.2. The van der Waals surface area contributed by atoms with Gasteiger partial charge in [-0.2, -0.15) is 0 Å². The van der Waals surface area contributed by atoms with Crippen LogP contribution in [-0.4, -0.2) is 40.3 Å². The zero-order chi connectivity index (χ0) is 20.1. The number of aliphatic hydroxyl groups excluding tert-OH is 1. The normalized spacial score (nSPS) is 56.7. The van der Waals surface area contributed by atoms with E-state index >= 15 is 0 Å². The van der Waals surface area contributed by atoms with Crippen molar-refractivity contribution in [3.05, 3.63) is 0 Å². The van der Waals surface area contributed by atoms with Gasteiger partial charge >= 0.3 is 5.97 Å². The van der Waals surface area contributed by atoms with E-state index in [1.54, 1.807) is 6.92 Å². The molecule has 0 aromatic heterocycles. The molecule has 1 heterocycles. The number of epoxide rings is 1. The van der Waals surface area contributed by atoms with E-state index in [1.807, 2.05) is 0 Å². The zero-order valence-corrected chi connectivity index (χ0v) is 17.6. The third-order valence-corrected chi connectivity index (χ3v) is 10.1. The smallest absolute Gasteiger partial charge is 0.303 e. The van der Waals surface area contributed by atoms with Crippen molar-refractivity contribution in [2.24, 2.45) is 28.6 Å². The van der Waals surface area contributed by atoms with Crippen molar-refractivity contribution in [3.8, 4) is 0 Å². The van der Waals surface area contributed by atoms with Gasteiger partial charge in [-0.05, 0) is 69.6 Å². The van der Waals surface area contributed by atoms with Crippen molar-refractivity contribution in [1.29, 1.82) is 0 Å². The highest BCUT2D eigenvalue weighted by atomic mass is 16.6. The quantitative estimate of drug-likeness (QED) is 0.578. The van der Waals surface area contributed by atoms with E-state index in [4.69, 9.17) is 9.47 Å². The van der Waals surface area contributed by atoms with Gasteiger partial charge in [0, 0.05) is 24.2 Å². The van der Waals surface area contributed by atoms with Gasteiger partial charge in [-0.1, -0.05) is 13.8 Å². The lowest BCUT2D eigenvalue weighted by atomic mass is 9.44. The molecule has 5 nitrogen and oxygen atoms in total. The van der Waals surface area contributed by atoms with Crippen LogP contribution in [0, 0.1) is 28.6 Å². The second-order valence-electron chi connectivity index (χ2n) is 10.9. The summed E-state index contributed by atoms with van der Waals surface area (Å²) in [4.78, 5) is 24.7. The van der Waals surface area contributed by atoms with Crippen LogP contribution in [0.1, 0.15) is 79.1 Å². The van der Waals surface area contributed by atoms with E-state index in [1.165, 1.54) is 6.92 Å². The number of rotatable bonds is 2.